The van der Waals surface area contributed by atoms with Gasteiger partial charge in [-0.2, -0.15) is 0 Å². The molecule has 0 heterocycles. The largest absolute Gasteiger partial charge is 1.00 e. The average molecular weight is 769 g/mol. The van der Waals surface area contributed by atoms with Gasteiger partial charge in [-0.3, -0.25) is 0 Å². The topological polar surface area (TPSA) is 67.8 Å². The van der Waals surface area contributed by atoms with Crippen LogP contribution in [0.4, 0.5) is 0 Å². The number of hydrogen-bond acceptors (Lipinski definition) is 5. The van der Waals surface area contributed by atoms with Gasteiger partial charge in [-0.1, -0.05) is 190 Å². The standard InChI is InChI=1S/C49H78O5.Na/c1-4-7-10-13-16-19-22-25-28-31-34-37-40-52-46-43-45(49(50)51)44-47(53-41-38-35-32-29-26-23-20-17-14-11-8-5-2)48(46)54-42-39-36-33-30-27-24-21-18-15-12-9-6-3;/h4-12,43-44H,1-3,13-42H2,(H,50,51);/q;+1/p-1/b10-7+,11-8+,12-9+;. The molecule has 0 saturated heterocycles. The molecule has 304 valence electrons. The zero-order valence-electron chi connectivity index (χ0n) is 35.2. The smallest absolute Gasteiger partial charge is 0.545 e. The van der Waals surface area contributed by atoms with E-state index < -0.39 is 5.97 Å². The number of hydrogen-bond donors (Lipinski definition) is 0. The van der Waals surface area contributed by atoms with Gasteiger partial charge in [0.1, 0.15) is 0 Å². The molecule has 55 heavy (non-hydrogen) atoms. The molecule has 0 aromatic heterocycles. The van der Waals surface area contributed by atoms with Crippen LogP contribution in [-0.4, -0.2) is 25.8 Å². The van der Waals surface area contributed by atoms with Crippen LogP contribution < -0.4 is 48.9 Å². The van der Waals surface area contributed by atoms with Crippen molar-refractivity contribution < 1.29 is 53.7 Å². The van der Waals surface area contributed by atoms with Crippen LogP contribution in [0.1, 0.15) is 184 Å². The fourth-order valence-electron chi connectivity index (χ4n) is 6.44. The summed E-state index contributed by atoms with van der Waals surface area (Å²) in [5.74, 6) is 0.176. The molecule has 0 bridgehead atoms. The van der Waals surface area contributed by atoms with Gasteiger partial charge in [-0.05, 0) is 69.9 Å². The number of rotatable bonds is 40. The Balaban J connectivity index is 0.0000292. The van der Waals surface area contributed by atoms with Crippen molar-refractivity contribution in [3.63, 3.8) is 0 Å². The second-order valence-electron chi connectivity index (χ2n) is 14.5. The molecule has 0 N–H and O–H groups in total. The first-order valence-corrected chi connectivity index (χ1v) is 21.7. The molecule has 0 unspecified atom stereocenters. The van der Waals surface area contributed by atoms with Gasteiger partial charge >= 0.3 is 29.6 Å². The van der Waals surface area contributed by atoms with E-state index in [1.807, 2.05) is 36.5 Å². The zero-order valence-corrected chi connectivity index (χ0v) is 37.2. The first kappa shape index (κ1) is 52.5. The number of aromatic carboxylic acids is 1. The van der Waals surface area contributed by atoms with E-state index in [0.717, 1.165) is 57.8 Å². The molecule has 0 aliphatic rings. The molecule has 0 saturated carbocycles. The molecule has 0 aliphatic heterocycles. The fraction of sp³-hybridized carbons (Fsp3) is 0.612. The van der Waals surface area contributed by atoms with E-state index >= 15 is 0 Å². The third kappa shape index (κ3) is 32.3. The zero-order chi connectivity index (χ0) is 39.0. The second kappa shape index (κ2) is 41.2. The van der Waals surface area contributed by atoms with E-state index in [9.17, 15) is 9.90 Å². The van der Waals surface area contributed by atoms with Crippen LogP contribution >= 0.6 is 0 Å². The first-order chi connectivity index (χ1) is 26.6. The quantitative estimate of drug-likeness (QED) is 0.0378. The van der Waals surface area contributed by atoms with Crippen molar-refractivity contribution in [2.24, 2.45) is 0 Å². The number of ether oxygens (including phenoxy) is 3. The monoisotopic (exact) mass is 769 g/mol. The molecule has 5 nitrogen and oxygen atoms in total. The Bertz CT molecular complexity index is 1110. The van der Waals surface area contributed by atoms with Crippen LogP contribution in [0.3, 0.4) is 0 Å². The molecule has 0 aliphatic carbocycles. The molecule has 6 heteroatoms. The summed E-state index contributed by atoms with van der Waals surface area (Å²) in [6, 6.07) is 3.09. The second-order valence-corrected chi connectivity index (χ2v) is 14.5. The molecule has 0 radical (unpaired) electrons. The molecular formula is C49H77NaO5. The minimum atomic E-state index is -1.24. The number of carboxylic acids is 1. The molecule has 1 rings (SSSR count). The summed E-state index contributed by atoms with van der Waals surface area (Å²) in [6.45, 7) is 12.7. The van der Waals surface area contributed by atoms with Gasteiger partial charge in [0.2, 0.25) is 5.75 Å². The SMILES string of the molecule is C=C/C=C/CCCCCCCCCCOc1cc(C(=O)[O-])cc(OCCCCCCCCCC/C=C/C=C)c1OCCCCCCCCCC/C=C/C=C.[Na+]. The molecule has 0 fully saturated rings. The average Bonchev–Trinajstić information content (AvgIpc) is 3.17. The van der Waals surface area contributed by atoms with Crippen molar-refractivity contribution in [2.75, 3.05) is 19.8 Å². The van der Waals surface area contributed by atoms with Crippen molar-refractivity contribution in [3.8, 4) is 17.2 Å². The predicted octanol–water partition coefficient (Wildman–Crippen LogP) is 10.9. The fourth-order valence-corrected chi connectivity index (χ4v) is 6.44. The number of carbonyl (C=O) groups is 1. The van der Waals surface area contributed by atoms with Crippen LogP contribution in [0.15, 0.2) is 86.6 Å². The molecule has 0 atom stereocenters. The number of unbranched alkanes of at least 4 members (excludes halogenated alkanes) is 24. The van der Waals surface area contributed by atoms with Crippen LogP contribution in [0.5, 0.6) is 17.2 Å². The Kier molecular flexibility index (Phi) is 39.3. The normalized spacial score (nSPS) is 11.3. The van der Waals surface area contributed by atoms with Gasteiger partial charge in [0.15, 0.2) is 11.5 Å². The van der Waals surface area contributed by atoms with Crippen LogP contribution in [0.25, 0.3) is 0 Å². The van der Waals surface area contributed by atoms with Crippen molar-refractivity contribution >= 4 is 5.97 Å². The number of benzene rings is 1. The van der Waals surface area contributed by atoms with E-state index in [4.69, 9.17) is 14.2 Å². The van der Waals surface area contributed by atoms with Gasteiger partial charge in [0.05, 0.1) is 25.8 Å². The minimum Gasteiger partial charge on any atom is -0.545 e. The van der Waals surface area contributed by atoms with Gasteiger partial charge < -0.3 is 24.1 Å². The Hall–Kier alpha value is -2.47. The van der Waals surface area contributed by atoms with Crippen LogP contribution in [0.2, 0.25) is 0 Å². The van der Waals surface area contributed by atoms with Crippen LogP contribution in [-0.2, 0) is 0 Å². The summed E-state index contributed by atoms with van der Waals surface area (Å²) in [5.41, 5.74) is 0.0593. The van der Waals surface area contributed by atoms with Gasteiger partial charge in [-0.25, -0.2) is 0 Å². The maximum Gasteiger partial charge on any atom is 1.00 e. The number of allylic oxidation sites excluding steroid dienone is 9. The van der Waals surface area contributed by atoms with Crippen molar-refractivity contribution in [1.82, 2.24) is 0 Å². The molecule has 0 amide bonds. The third-order valence-electron chi connectivity index (χ3n) is 9.63. The Morgan fingerprint density at radius 3 is 1.02 bits per heavy atom. The first-order valence-electron chi connectivity index (χ1n) is 21.7. The summed E-state index contributed by atoms with van der Waals surface area (Å²) in [4.78, 5) is 12.0. The Morgan fingerprint density at radius 2 is 0.727 bits per heavy atom. The van der Waals surface area contributed by atoms with Gasteiger partial charge in [0.25, 0.3) is 0 Å². The van der Waals surface area contributed by atoms with E-state index in [-0.39, 0.29) is 35.1 Å². The molecule has 1 aromatic rings. The maximum absolute atomic E-state index is 12.0. The van der Waals surface area contributed by atoms with Gasteiger partial charge in [-0.15, -0.1) is 0 Å². The van der Waals surface area contributed by atoms with E-state index in [0.29, 0.717) is 37.1 Å². The molecular weight excluding hydrogens is 692 g/mol. The Labute approximate surface area is 360 Å². The van der Waals surface area contributed by atoms with E-state index in [2.05, 4.69) is 38.0 Å². The summed E-state index contributed by atoms with van der Waals surface area (Å²) in [7, 11) is 0. The Morgan fingerprint density at radius 1 is 0.455 bits per heavy atom. The third-order valence-corrected chi connectivity index (χ3v) is 9.63. The predicted molar refractivity (Wildman–Crippen MR) is 230 cm³/mol. The van der Waals surface area contributed by atoms with Crippen LogP contribution in [0, 0.1) is 0 Å². The number of carboxylic acid groups (broad SMARTS) is 1. The molecule has 0 spiro atoms. The van der Waals surface area contributed by atoms with Crippen molar-refractivity contribution in [2.45, 2.75) is 173 Å². The molecule has 1 aromatic carbocycles. The maximum atomic E-state index is 12.0. The summed E-state index contributed by atoms with van der Waals surface area (Å²) in [5, 5.41) is 12.0. The van der Waals surface area contributed by atoms with Crippen molar-refractivity contribution in [1.29, 1.82) is 0 Å². The van der Waals surface area contributed by atoms with Gasteiger partial charge in [0, 0.05) is 5.56 Å². The summed E-state index contributed by atoms with van der Waals surface area (Å²) >= 11 is 0. The minimum absolute atomic E-state index is 0. The summed E-state index contributed by atoms with van der Waals surface area (Å²) in [6.07, 6.45) is 50.0. The number of carbonyl (C=O) groups excluding carboxylic acids is 1. The van der Waals surface area contributed by atoms with E-state index in [1.54, 1.807) is 12.1 Å². The van der Waals surface area contributed by atoms with Crippen molar-refractivity contribution in [3.05, 3.63) is 92.1 Å². The van der Waals surface area contributed by atoms with E-state index in [1.165, 1.54) is 116 Å². The summed E-state index contributed by atoms with van der Waals surface area (Å²) < 4.78 is 18.8.